The molecule has 3 nitrogen and oxygen atoms in total. The first-order valence-corrected chi connectivity index (χ1v) is 21.4. The molecule has 0 radical (unpaired) electrons. The van der Waals surface area contributed by atoms with Crippen LogP contribution in [0, 0.1) is 28.6 Å². The second kappa shape index (κ2) is 10.4. The summed E-state index contributed by atoms with van der Waals surface area (Å²) in [6, 6.07) is 3.54. The highest BCUT2D eigenvalue weighted by Gasteiger charge is 2.60. The van der Waals surface area contributed by atoms with Gasteiger partial charge in [0.2, 0.25) is 0 Å². The Balaban J connectivity index is 1.74. The number of ketones is 1. The van der Waals surface area contributed by atoms with E-state index in [0.29, 0.717) is 23.5 Å². The smallest absolute Gasteiger partial charge is 0.192 e. The van der Waals surface area contributed by atoms with Crippen LogP contribution < -0.4 is 0 Å². The van der Waals surface area contributed by atoms with Gasteiger partial charge in [0.1, 0.15) is 5.78 Å². The van der Waals surface area contributed by atoms with Crippen LogP contribution in [-0.4, -0.2) is 34.6 Å². The Hall–Kier alpha value is -0.496. The average molecular weight is 559 g/mol. The van der Waals surface area contributed by atoms with Crippen LogP contribution in [0.25, 0.3) is 0 Å². The number of hydrogen-bond donors (Lipinski definition) is 0. The molecule has 6 atom stereocenters. The summed E-state index contributed by atoms with van der Waals surface area (Å²) < 4.78 is 14.8. The van der Waals surface area contributed by atoms with Crippen molar-refractivity contribution < 1.29 is 13.6 Å². The van der Waals surface area contributed by atoms with Crippen LogP contribution in [-0.2, 0) is 13.6 Å². The third kappa shape index (κ3) is 4.63. The van der Waals surface area contributed by atoms with Gasteiger partial charge in [-0.2, -0.15) is 0 Å². The summed E-state index contributed by atoms with van der Waals surface area (Å²) in [5, 5.41) is 0.204. The SMILES string of the molecule is CC[Si](CC)(CC)O[C@H]1C[C@H](O[Si](C)(C)C(C)(C)C(C)C)CC2=CC=C3[C@H](CC[C@]4(C)C(=O)CC[C@@H]34)[C@]21C. The summed E-state index contributed by atoms with van der Waals surface area (Å²) in [5.74, 6) is 2.00. The molecule has 0 aromatic rings. The third-order valence-electron chi connectivity index (χ3n) is 13.1. The van der Waals surface area contributed by atoms with Crippen LogP contribution >= 0.6 is 0 Å². The van der Waals surface area contributed by atoms with Crippen molar-refractivity contribution in [3.05, 3.63) is 23.3 Å². The van der Waals surface area contributed by atoms with Gasteiger partial charge in [0.25, 0.3) is 0 Å². The molecule has 5 heteroatoms. The van der Waals surface area contributed by atoms with Gasteiger partial charge < -0.3 is 8.85 Å². The summed E-state index contributed by atoms with van der Waals surface area (Å²) in [5.41, 5.74) is 2.98. The van der Waals surface area contributed by atoms with Gasteiger partial charge in [0.05, 0.1) is 12.2 Å². The summed E-state index contributed by atoms with van der Waals surface area (Å²) in [6.07, 6.45) is 11.3. The average Bonchev–Trinajstić information content (AvgIpc) is 3.17. The standard InChI is InChI=1S/C33H58O3Si2/c1-12-38(13-2,14-3)36-30-22-25(35-37(10,11)31(6,7)23(4)5)21-24-15-16-26-27-17-18-29(34)32(27,8)20-19-28(26)33(24,30)9/h15-16,23,25,27-28,30H,12-14,17-22H2,1-11H3/t25-,27+,28+,30+,32+,33+/m1/s1. The first-order valence-electron chi connectivity index (χ1n) is 15.9. The maximum atomic E-state index is 13.0. The van der Waals surface area contributed by atoms with Gasteiger partial charge in [-0.3, -0.25) is 4.79 Å². The predicted molar refractivity (Wildman–Crippen MR) is 165 cm³/mol. The molecule has 216 valence electrons. The highest BCUT2D eigenvalue weighted by atomic mass is 28.4. The van der Waals surface area contributed by atoms with Crippen molar-refractivity contribution in [2.24, 2.45) is 28.6 Å². The van der Waals surface area contributed by atoms with E-state index in [-0.39, 0.29) is 28.1 Å². The molecule has 3 fully saturated rings. The lowest BCUT2D eigenvalue weighted by atomic mass is 9.50. The Morgan fingerprint density at radius 2 is 1.63 bits per heavy atom. The van der Waals surface area contributed by atoms with Crippen LogP contribution in [0.3, 0.4) is 0 Å². The zero-order valence-electron chi connectivity index (χ0n) is 26.6. The molecule has 0 aromatic carbocycles. The minimum Gasteiger partial charge on any atom is -0.414 e. The van der Waals surface area contributed by atoms with Gasteiger partial charge in [0, 0.05) is 17.3 Å². The van der Waals surface area contributed by atoms with Gasteiger partial charge in [-0.05, 0) is 86.1 Å². The van der Waals surface area contributed by atoms with E-state index in [2.05, 4.69) is 87.6 Å². The van der Waals surface area contributed by atoms with Crippen molar-refractivity contribution in [1.82, 2.24) is 0 Å². The largest absolute Gasteiger partial charge is 0.414 e. The Bertz CT molecular complexity index is 966. The first-order chi connectivity index (χ1) is 17.6. The quantitative estimate of drug-likeness (QED) is 0.264. The number of allylic oxidation sites excluding steroid dienone is 3. The molecule has 3 saturated carbocycles. The van der Waals surface area contributed by atoms with Crippen molar-refractivity contribution in [3.63, 3.8) is 0 Å². The van der Waals surface area contributed by atoms with Gasteiger partial charge in [-0.25, -0.2) is 0 Å². The zero-order chi connectivity index (χ0) is 28.3. The van der Waals surface area contributed by atoms with Crippen LogP contribution in [0.1, 0.15) is 101 Å². The van der Waals surface area contributed by atoms with E-state index >= 15 is 0 Å². The van der Waals surface area contributed by atoms with E-state index in [9.17, 15) is 4.79 Å². The first kappa shape index (κ1) is 30.5. The molecule has 0 amide bonds. The van der Waals surface area contributed by atoms with E-state index in [4.69, 9.17) is 8.85 Å². The Kier molecular flexibility index (Phi) is 8.34. The maximum absolute atomic E-state index is 13.0. The van der Waals surface area contributed by atoms with Crippen molar-refractivity contribution in [1.29, 1.82) is 0 Å². The topological polar surface area (TPSA) is 35.5 Å². The van der Waals surface area contributed by atoms with E-state index < -0.39 is 16.6 Å². The van der Waals surface area contributed by atoms with E-state index in [1.807, 2.05) is 0 Å². The number of rotatable bonds is 9. The van der Waals surface area contributed by atoms with E-state index in [0.717, 1.165) is 38.5 Å². The molecular weight excluding hydrogens is 501 g/mol. The highest BCUT2D eigenvalue weighted by Crippen LogP contribution is 2.63. The summed E-state index contributed by atoms with van der Waals surface area (Å²) in [6.45, 7) is 26.3. The van der Waals surface area contributed by atoms with Crippen LogP contribution in [0.2, 0.25) is 36.3 Å². The van der Waals surface area contributed by atoms with Gasteiger partial charge >= 0.3 is 0 Å². The van der Waals surface area contributed by atoms with Gasteiger partial charge in [-0.1, -0.05) is 85.6 Å². The van der Waals surface area contributed by atoms with Crippen molar-refractivity contribution >= 4 is 22.4 Å². The molecule has 0 bridgehead atoms. The number of carbonyl (C=O) groups is 1. The molecule has 4 rings (SSSR count). The van der Waals surface area contributed by atoms with Crippen LogP contribution in [0.5, 0.6) is 0 Å². The molecule has 0 N–H and O–H groups in total. The summed E-state index contributed by atoms with van der Waals surface area (Å²) in [7, 11) is -3.79. The lowest BCUT2D eigenvalue weighted by Crippen LogP contribution is -2.58. The number of fused-ring (bicyclic) bond motifs is 5. The van der Waals surface area contributed by atoms with E-state index in [1.165, 1.54) is 18.1 Å². The fraction of sp³-hybridized carbons (Fsp3) is 0.848. The van der Waals surface area contributed by atoms with Gasteiger partial charge in [0.15, 0.2) is 16.6 Å². The molecule has 0 spiro atoms. The molecule has 0 heterocycles. The van der Waals surface area contributed by atoms with E-state index in [1.54, 1.807) is 11.1 Å². The molecule has 0 unspecified atom stereocenters. The normalized spacial score (nSPS) is 35.9. The van der Waals surface area contributed by atoms with Crippen molar-refractivity contribution in [3.8, 4) is 0 Å². The van der Waals surface area contributed by atoms with Gasteiger partial charge in [-0.15, -0.1) is 0 Å². The predicted octanol–water partition coefficient (Wildman–Crippen LogP) is 9.47. The fourth-order valence-electron chi connectivity index (χ4n) is 8.61. The number of hydrogen-bond acceptors (Lipinski definition) is 3. The molecule has 0 aromatic heterocycles. The maximum Gasteiger partial charge on any atom is 0.192 e. The lowest BCUT2D eigenvalue weighted by molar-refractivity contribution is -0.128. The zero-order valence-corrected chi connectivity index (χ0v) is 28.6. The lowest BCUT2D eigenvalue weighted by Gasteiger charge is -2.58. The molecule has 4 aliphatic rings. The molecule has 4 aliphatic carbocycles. The van der Waals surface area contributed by atoms with Crippen LogP contribution in [0.15, 0.2) is 23.3 Å². The molecule has 38 heavy (non-hydrogen) atoms. The summed E-state index contributed by atoms with van der Waals surface area (Å²) >= 11 is 0. The number of carbonyl (C=O) groups excluding carboxylic acids is 1. The minimum absolute atomic E-state index is 0.00787. The fourth-order valence-corrected chi connectivity index (χ4v) is 14.3. The van der Waals surface area contributed by atoms with Crippen LogP contribution in [0.4, 0.5) is 0 Å². The highest BCUT2D eigenvalue weighted by molar-refractivity contribution is 6.74. The van der Waals surface area contributed by atoms with Crippen molar-refractivity contribution in [2.75, 3.05) is 0 Å². The Morgan fingerprint density at radius 1 is 1.00 bits per heavy atom. The minimum atomic E-state index is -1.97. The Morgan fingerprint density at radius 3 is 2.21 bits per heavy atom. The monoisotopic (exact) mass is 558 g/mol. The summed E-state index contributed by atoms with van der Waals surface area (Å²) in [4.78, 5) is 13.0. The molecule has 0 aliphatic heterocycles. The Labute approximate surface area is 236 Å². The second-order valence-corrected chi connectivity index (χ2v) is 24.3. The van der Waals surface area contributed by atoms with Crippen molar-refractivity contribution in [2.45, 2.75) is 149 Å². The molecular formula is C33H58O3Si2. The third-order valence-corrected chi connectivity index (χ3v) is 22.3. The number of Topliss-reactive ketones (excluding diaryl/α,β-unsaturated/α-hetero) is 1. The molecule has 0 saturated heterocycles. The second-order valence-electron chi connectivity index (χ2n) is 15.1.